The molecule has 0 aliphatic carbocycles. The van der Waals surface area contributed by atoms with E-state index in [-0.39, 0.29) is 18.2 Å². The highest BCUT2D eigenvalue weighted by Gasteiger charge is 2.35. The number of carbonyl (C=O) groups excluding carboxylic acids is 2. The highest BCUT2D eigenvalue weighted by Crippen LogP contribution is 2.28. The molecule has 170 valence electrons. The van der Waals surface area contributed by atoms with Gasteiger partial charge in [0, 0.05) is 47.5 Å². The van der Waals surface area contributed by atoms with Crippen molar-refractivity contribution in [2.24, 2.45) is 5.92 Å². The van der Waals surface area contributed by atoms with Crippen LogP contribution in [-0.4, -0.2) is 35.4 Å². The molecule has 8 nitrogen and oxygen atoms in total. The number of rotatable bonds is 7. The smallest absolute Gasteiger partial charge is 0.229 e. The predicted octanol–water partition coefficient (Wildman–Crippen LogP) is 3.71. The van der Waals surface area contributed by atoms with Crippen molar-refractivity contribution in [2.75, 3.05) is 29.2 Å². The summed E-state index contributed by atoms with van der Waals surface area (Å²) in [5, 5.41) is 6.21. The van der Waals surface area contributed by atoms with Crippen LogP contribution in [0.1, 0.15) is 23.6 Å². The van der Waals surface area contributed by atoms with Gasteiger partial charge in [0.2, 0.25) is 11.8 Å². The SMILES string of the molecule is COc1cccc(N2CC(C(=O)Nc3ccc(NCc4nc(C)cc(C)n4)cc3)CC2=O)c1. The lowest BCUT2D eigenvalue weighted by atomic mass is 10.1. The van der Waals surface area contributed by atoms with E-state index in [9.17, 15) is 9.59 Å². The number of nitrogens with one attached hydrogen (secondary N) is 2. The largest absolute Gasteiger partial charge is 0.497 e. The first-order valence-electron chi connectivity index (χ1n) is 10.8. The Morgan fingerprint density at radius 3 is 2.45 bits per heavy atom. The standard InChI is InChI=1S/C25H27N5O3/c1-16-11-17(2)28-23(27-16)14-26-19-7-9-20(10-8-19)29-25(32)18-12-24(31)30(15-18)21-5-4-6-22(13-21)33-3/h4-11,13,18,26H,12,14-15H2,1-3H3,(H,29,32). The van der Waals surface area contributed by atoms with E-state index in [0.29, 0.717) is 24.5 Å². The number of benzene rings is 2. The van der Waals surface area contributed by atoms with Gasteiger partial charge in [0.25, 0.3) is 0 Å². The van der Waals surface area contributed by atoms with Crippen LogP contribution >= 0.6 is 0 Å². The Labute approximate surface area is 193 Å². The lowest BCUT2D eigenvalue weighted by Gasteiger charge is -2.17. The molecule has 1 unspecified atom stereocenters. The summed E-state index contributed by atoms with van der Waals surface area (Å²) in [6, 6.07) is 16.7. The van der Waals surface area contributed by atoms with E-state index in [1.807, 2.05) is 62.4 Å². The zero-order chi connectivity index (χ0) is 23.4. The van der Waals surface area contributed by atoms with Crippen molar-refractivity contribution in [1.29, 1.82) is 0 Å². The molecule has 0 bridgehead atoms. The zero-order valence-corrected chi connectivity index (χ0v) is 19.0. The second kappa shape index (κ2) is 9.68. The van der Waals surface area contributed by atoms with Crippen molar-refractivity contribution >= 4 is 28.9 Å². The molecule has 2 heterocycles. The van der Waals surface area contributed by atoms with Gasteiger partial charge in [-0.3, -0.25) is 9.59 Å². The van der Waals surface area contributed by atoms with Crippen LogP contribution in [0.2, 0.25) is 0 Å². The summed E-state index contributed by atoms with van der Waals surface area (Å²) < 4.78 is 5.24. The second-order valence-electron chi connectivity index (χ2n) is 8.09. The van der Waals surface area contributed by atoms with E-state index in [2.05, 4.69) is 20.6 Å². The van der Waals surface area contributed by atoms with Crippen LogP contribution in [0.5, 0.6) is 5.75 Å². The van der Waals surface area contributed by atoms with Gasteiger partial charge < -0.3 is 20.3 Å². The molecule has 0 radical (unpaired) electrons. The third-order valence-corrected chi connectivity index (χ3v) is 5.49. The van der Waals surface area contributed by atoms with E-state index < -0.39 is 5.92 Å². The summed E-state index contributed by atoms with van der Waals surface area (Å²) in [7, 11) is 1.58. The van der Waals surface area contributed by atoms with Gasteiger partial charge in [-0.25, -0.2) is 9.97 Å². The van der Waals surface area contributed by atoms with Gasteiger partial charge in [0.15, 0.2) is 0 Å². The summed E-state index contributed by atoms with van der Waals surface area (Å²) in [6.45, 7) is 4.75. The number of amides is 2. The average Bonchev–Trinajstić information content (AvgIpc) is 3.20. The van der Waals surface area contributed by atoms with Crippen LogP contribution < -0.4 is 20.3 Å². The molecule has 2 N–H and O–H groups in total. The molecule has 2 aromatic carbocycles. The fourth-order valence-electron chi connectivity index (χ4n) is 3.89. The predicted molar refractivity (Wildman–Crippen MR) is 127 cm³/mol. The Morgan fingerprint density at radius 2 is 1.76 bits per heavy atom. The Hall–Kier alpha value is -3.94. The summed E-state index contributed by atoms with van der Waals surface area (Å²) in [4.78, 5) is 35.8. The van der Waals surface area contributed by atoms with Crippen LogP contribution in [0.25, 0.3) is 0 Å². The summed E-state index contributed by atoms with van der Waals surface area (Å²) in [5.41, 5.74) is 4.19. The first-order chi connectivity index (χ1) is 15.9. The Bertz CT molecular complexity index is 1140. The van der Waals surface area contributed by atoms with Gasteiger partial charge in [-0.1, -0.05) is 6.07 Å². The van der Waals surface area contributed by atoms with Gasteiger partial charge in [0.05, 0.1) is 19.6 Å². The third kappa shape index (κ3) is 5.46. The van der Waals surface area contributed by atoms with Gasteiger partial charge in [-0.15, -0.1) is 0 Å². The number of hydrogen-bond acceptors (Lipinski definition) is 6. The molecule has 4 rings (SSSR count). The molecule has 1 fully saturated rings. The molecule has 1 aromatic heterocycles. The zero-order valence-electron chi connectivity index (χ0n) is 19.0. The molecule has 0 spiro atoms. The number of anilines is 3. The molecular formula is C25H27N5O3. The summed E-state index contributed by atoms with van der Waals surface area (Å²) in [6.07, 6.45) is 0.179. The quantitative estimate of drug-likeness (QED) is 0.576. The minimum absolute atomic E-state index is 0.0726. The van der Waals surface area contributed by atoms with E-state index in [4.69, 9.17) is 4.74 Å². The van der Waals surface area contributed by atoms with Crippen LogP contribution in [0, 0.1) is 19.8 Å². The Morgan fingerprint density at radius 1 is 1.06 bits per heavy atom. The minimum Gasteiger partial charge on any atom is -0.497 e. The average molecular weight is 446 g/mol. The molecule has 2 amide bonds. The molecule has 1 saturated heterocycles. The minimum atomic E-state index is -0.414. The van der Waals surface area contributed by atoms with Gasteiger partial charge in [-0.05, 0) is 56.3 Å². The molecule has 3 aromatic rings. The van der Waals surface area contributed by atoms with Gasteiger partial charge in [0.1, 0.15) is 11.6 Å². The van der Waals surface area contributed by atoms with Crippen molar-refractivity contribution in [3.05, 3.63) is 71.8 Å². The van der Waals surface area contributed by atoms with Crippen LogP contribution in [0.4, 0.5) is 17.1 Å². The fraction of sp³-hybridized carbons (Fsp3) is 0.280. The number of aryl methyl sites for hydroxylation is 2. The van der Waals surface area contributed by atoms with E-state index in [1.165, 1.54) is 0 Å². The number of hydrogen-bond donors (Lipinski definition) is 2. The third-order valence-electron chi connectivity index (χ3n) is 5.49. The Kier molecular flexibility index (Phi) is 6.53. The van der Waals surface area contributed by atoms with Gasteiger partial charge >= 0.3 is 0 Å². The summed E-state index contributed by atoms with van der Waals surface area (Å²) in [5.74, 6) is 0.750. The van der Waals surface area contributed by atoms with Crippen molar-refractivity contribution in [1.82, 2.24) is 9.97 Å². The highest BCUT2D eigenvalue weighted by atomic mass is 16.5. The van der Waals surface area contributed by atoms with Crippen LogP contribution in [0.15, 0.2) is 54.6 Å². The molecule has 1 aliphatic heterocycles. The van der Waals surface area contributed by atoms with Crippen molar-refractivity contribution in [2.45, 2.75) is 26.8 Å². The molecule has 1 aliphatic rings. The lowest BCUT2D eigenvalue weighted by molar-refractivity contribution is -0.122. The van der Waals surface area contributed by atoms with E-state index in [1.54, 1.807) is 18.1 Å². The normalized spacial score (nSPS) is 15.4. The number of methoxy groups -OCH3 is 1. The number of nitrogens with zero attached hydrogens (tertiary/aromatic N) is 3. The molecule has 8 heteroatoms. The van der Waals surface area contributed by atoms with E-state index >= 15 is 0 Å². The maximum absolute atomic E-state index is 12.8. The molecule has 33 heavy (non-hydrogen) atoms. The lowest BCUT2D eigenvalue weighted by Crippen LogP contribution is -2.28. The van der Waals surface area contributed by atoms with Crippen molar-refractivity contribution in [3.8, 4) is 5.75 Å². The number of aromatic nitrogens is 2. The fourth-order valence-corrected chi connectivity index (χ4v) is 3.89. The monoisotopic (exact) mass is 445 g/mol. The molecule has 0 saturated carbocycles. The first-order valence-corrected chi connectivity index (χ1v) is 10.8. The van der Waals surface area contributed by atoms with Crippen molar-refractivity contribution < 1.29 is 14.3 Å². The number of ether oxygens (including phenoxy) is 1. The molecule has 1 atom stereocenters. The topological polar surface area (TPSA) is 96.5 Å². The van der Waals surface area contributed by atoms with Crippen molar-refractivity contribution in [3.63, 3.8) is 0 Å². The maximum Gasteiger partial charge on any atom is 0.229 e. The Balaban J connectivity index is 1.33. The first kappa shape index (κ1) is 22.3. The highest BCUT2D eigenvalue weighted by molar-refractivity contribution is 6.03. The molecular weight excluding hydrogens is 418 g/mol. The van der Waals surface area contributed by atoms with Crippen LogP contribution in [-0.2, 0) is 16.1 Å². The summed E-state index contributed by atoms with van der Waals surface area (Å²) >= 11 is 0. The van der Waals surface area contributed by atoms with E-state index in [0.717, 1.165) is 28.6 Å². The number of carbonyl (C=O) groups is 2. The second-order valence-corrected chi connectivity index (χ2v) is 8.09. The van der Waals surface area contributed by atoms with Gasteiger partial charge in [-0.2, -0.15) is 0 Å². The maximum atomic E-state index is 12.8. The van der Waals surface area contributed by atoms with Crippen LogP contribution in [0.3, 0.4) is 0 Å².